The maximum Gasteiger partial charge on any atom is 0.261 e. The number of rotatable bonds is 3. The first kappa shape index (κ1) is 11.3. The van der Waals surface area contributed by atoms with Crippen molar-refractivity contribution in [1.82, 2.24) is 4.90 Å². The highest BCUT2D eigenvalue weighted by Crippen LogP contribution is 2.22. The summed E-state index contributed by atoms with van der Waals surface area (Å²) in [6, 6.07) is 8.30. The van der Waals surface area contributed by atoms with E-state index in [0.717, 1.165) is 4.90 Å². The molecule has 2 rings (SSSR count). The summed E-state index contributed by atoms with van der Waals surface area (Å²) in [5.74, 6) is -0.829. The minimum absolute atomic E-state index is 0.104. The highest BCUT2D eigenvalue weighted by atomic mass is 16.3. The first-order valence-electron chi connectivity index (χ1n) is 5.15. The van der Waals surface area contributed by atoms with E-state index in [0.29, 0.717) is 11.1 Å². The summed E-state index contributed by atoms with van der Waals surface area (Å²) in [6.45, 7) is -0.139. The molecule has 5 heteroatoms. The quantitative estimate of drug-likeness (QED) is 0.769. The summed E-state index contributed by atoms with van der Waals surface area (Å²) >= 11 is 0. The summed E-state index contributed by atoms with van der Waals surface area (Å²) < 4.78 is 0. The molecule has 2 amide bonds. The van der Waals surface area contributed by atoms with Crippen molar-refractivity contribution in [2.75, 3.05) is 6.54 Å². The molecule has 0 aromatic heterocycles. The van der Waals surface area contributed by atoms with E-state index in [1.54, 1.807) is 30.3 Å². The highest BCUT2D eigenvalue weighted by Gasteiger charge is 2.35. The van der Waals surface area contributed by atoms with Crippen LogP contribution in [0.2, 0.25) is 0 Å². The highest BCUT2D eigenvalue weighted by molar-refractivity contribution is 6.21. The molecule has 1 aromatic carbocycles. The van der Waals surface area contributed by atoms with Crippen molar-refractivity contribution in [3.8, 4) is 6.07 Å². The van der Waals surface area contributed by atoms with Gasteiger partial charge >= 0.3 is 0 Å². The fourth-order valence-corrected chi connectivity index (χ4v) is 1.79. The van der Waals surface area contributed by atoms with Crippen LogP contribution >= 0.6 is 0 Å². The standard InChI is InChI=1S/C12H10N2O3/c13-6-5-8(15)7-14-11(16)9-3-1-2-4-10(9)12(14)17/h1-4,8,15H,5,7H2/t8-/m0/s1. The second-order valence-corrected chi connectivity index (χ2v) is 3.78. The number of carbonyl (C=O) groups is 2. The third-order valence-electron chi connectivity index (χ3n) is 2.60. The number of imide groups is 1. The minimum atomic E-state index is -0.998. The van der Waals surface area contributed by atoms with Crippen LogP contribution in [0, 0.1) is 11.3 Å². The van der Waals surface area contributed by atoms with Gasteiger partial charge in [0.25, 0.3) is 11.8 Å². The van der Waals surface area contributed by atoms with E-state index in [-0.39, 0.29) is 13.0 Å². The second-order valence-electron chi connectivity index (χ2n) is 3.78. The molecule has 5 nitrogen and oxygen atoms in total. The normalized spacial score (nSPS) is 15.6. The Hall–Kier alpha value is -2.19. The van der Waals surface area contributed by atoms with Gasteiger partial charge in [0.15, 0.2) is 0 Å². The van der Waals surface area contributed by atoms with E-state index >= 15 is 0 Å². The number of amides is 2. The van der Waals surface area contributed by atoms with Gasteiger partial charge in [-0.15, -0.1) is 0 Å². The fraction of sp³-hybridized carbons (Fsp3) is 0.250. The predicted octanol–water partition coefficient (Wildman–Crippen LogP) is 0.557. The van der Waals surface area contributed by atoms with E-state index in [2.05, 4.69) is 0 Å². The van der Waals surface area contributed by atoms with Crippen molar-refractivity contribution in [2.24, 2.45) is 0 Å². The first-order chi connectivity index (χ1) is 8.15. The van der Waals surface area contributed by atoms with E-state index in [9.17, 15) is 14.7 Å². The topological polar surface area (TPSA) is 81.4 Å². The van der Waals surface area contributed by atoms with Crippen molar-refractivity contribution in [3.63, 3.8) is 0 Å². The Labute approximate surface area is 97.9 Å². The lowest BCUT2D eigenvalue weighted by molar-refractivity contribution is 0.0549. The molecule has 1 atom stereocenters. The van der Waals surface area contributed by atoms with Crippen LogP contribution in [0.25, 0.3) is 0 Å². The Balaban J connectivity index is 2.22. The zero-order valence-electron chi connectivity index (χ0n) is 8.96. The third kappa shape index (κ3) is 1.90. The van der Waals surface area contributed by atoms with Gasteiger partial charge in [-0.25, -0.2) is 0 Å². The number of aliphatic hydroxyl groups is 1. The molecule has 0 saturated carbocycles. The lowest BCUT2D eigenvalue weighted by atomic mass is 10.1. The van der Waals surface area contributed by atoms with Crippen LogP contribution in [0.5, 0.6) is 0 Å². The lowest BCUT2D eigenvalue weighted by Gasteiger charge is -2.16. The van der Waals surface area contributed by atoms with E-state index in [1.807, 2.05) is 0 Å². The number of benzene rings is 1. The maximum absolute atomic E-state index is 11.9. The molecular weight excluding hydrogens is 220 g/mol. The number of aliphatic hydroxyl groups excluding tert-OH is 1. The van der Waals surface area contributed by atoms with Gasteiger partial charge in [0.1, 0.15) is 0 Å². The van der Waals surface area contributed by atoms with Crippen molar-refractivity contribution < 1.29 is 14.7 Å². The first-order valence-corrected chi connectivity index (χ1v) is 5.15. The summed E-state index contributed by atoms with van der Waals surface area (Å²) in [7, 11) is 0. The van der Waals surface area contributed by atoms with Crippen LogP contribution in [0.15, 0.2) is 24.3 Å². The average molecular weight is 230 g/mol. The molecule has 0 fully saturated rings. The Bertz CT molecular complexity index is 484. The fourth-order valence-electron chi connectivity index (χ4n) is 1.79. The van der Waals surface area contributed by atoms with Gasteiger partial charge < -0.3 is 5.11 Å². The Kier molecular flexibility index (Phi) is 2.90. The zero-order valence-corrected chi connectivity index (χ0v) is 8.96. The number of nitrogens with zero attached hydrogens (tertiary/aromatic N) is 2. The van der Waals surface area contributed by atoms with Crippen LogP contribution in [-0.4, -0.2) is 34.5 Å². The number of β-amino-alcohol motifs (C(OH)–C–C–N with tert-alkyl or cyclic N) is 1. The maximum atomic E-state index is 11.9. The molecule has 0 saturated heterocycles. The summed E-state index contributed by atoms with van der Waals surface area (Å²) in [5.41, 5.74) is 0.698. The molecule has 1 aromatic rings. The molecule has 86 valence electrons. The van der Waals surface area contributed by atoms with Gasteiger partial charge in [-0.05, 0) is 12.1 Å². The molecule has 0 spiro atoms. The Morgan fingerprint density at radius 2 is 1.76 bits per heavy atom. The number of hydrogen-bond donors (Lipinski definition) is 1. The number of hydrogen-bond acceptors (Lipinski definition) is 4. The molecule has 1 N–H and O–H groups in total. The summed E-state index contributed by atoms with van der Waals surface area (Å²) in [6.07, 6.45) is -1.10. The third-order valence-corrected chi connectivity index (χ3v) is 2.60. The molecule has 1 aliphatic rings. The zero-order chi connectivity index (χ0) is 12.4. The monoisotopic (exact) mass is 230 g/mol. The van der Waals surface area contributed by atoms with Crippen molar-refractivity contribution >= 4 is 11.8 Å². The summed E-state index contributed by atoms with van der Waals surface area (Å²) in [5, 5.41) is 17.9. The van der Waals surface area contributed by atoms with Gasteiger partial charge in [0, 0.05) is 0 Å². The molecule has 1 aliphatic heterocycles. The van der Waals surface area contributed by atoms with Crippen molar-refractivity contribution in [2.45, 2.75) is 12.5 Å². The van der Waals surface area contributed by atoms with E-state index in [1.165, 1.54) is 0 Å². The molecule has 0 bridgehead atoms. The van der Waals surface area contributed by atoms with Crippen molar-refractivity contribution in [1.29, 1.82) is 5.26 Å². The molecule has 17 heavy (non-hydrogen) atoms. The van der Waals surface area contributed by atoms with Crippen LogP contribution in [0.3, 0.4) is 0 Å². The van der Waals surface area contributed by atoms with E-state index < -0.39 is 17.9 Å². The predicted molar refractivity (Wildman–Crippen MR) is 58.0 cm³/mol. The molecular formula is C12H10N2O3. The van der Waals surface area contributed by atoms with Crippen LogP contribution < -0.4 is 0 Å². The van der Waals surface area contributed by atoms with Gasteiger partial charge in [-0.1, -0.05) is 12.1 Å². The van der Waals surface area contributed by atoms with Gasteiger partial charge in [-0.2, -0.15) is 5.26 Å². The summed E-state index contributed by atoms with van der Waals surface area (Å²) in [4.78, 5) is 24.7. The van der Waals surface area contributed by atoms with Crippen LogP contribution in [0.4, 0.5) is 0 Å². The minimum Gasteiger partial charge on any atom is -0.390 e. The van der Waals surface area contributed by atoms with Crippen LogP contribution in [-0.2, 0) is 0 Å². The van der Waals surface area contributed by atoms with Gasteiger partial charge in [-0.3, -0.25) is 14.5 Å². The average Bonchev–Trinajstić information content (AvgIpc) is 2.56. The Morgan fingerprint density at radius 3 is 2.24 bits per heavy atom. The molecule has 0 radical (unpaired) electrons. The van der Waals surface area contributed by atoms with E-state index in [4.69, 9.17) is 5.26 Å². The lowest BCUT2D eigenvalue weighted by Crippen LogP contribution is -2.36. The largest absolute Gasteiger partial charge is 0.390 e. The Morgan fingerprint density at radius 1 is 1.24 bits per heavy atom. The van der Waals surface area contributed by atoms with Crippen molar-refractivity contribution in [3.05, 3.63) is 35.4 Å². The smallest absolute Gasteiger partial charge is 0.261 e. The number of fused-ring (bicyclic) bond motifs is 1. The second kappa shape index (κ2) is 4.36. The molecule has 1 heterocycles. The molecule has 0 unspecified atom stereocenters. The number of carbonyl (C=O) groups excluding carboxylic acids is 2. The number of nitriles is 1. The SMILES string of the molecule is N#CC[C@H](O)CN1C(=O)c2ccccc2C1=O. The van der Waals surface area contributed by atoms with Crippen LogP contribution in [0.1, 0.15) is 27.1 Å². The molecule has 0 aliphatic carbocycles. The van der Waals surface area contributed by atoms with Gasteiger partial charge in [0.2, 0.25) is 0 Å². The van der Waals surface area contributed by atoms with Gasteiger partial charge in [0.05, 0.1) is 36.3 Å².